The van der Waals surface area contributed by atoms with Crippen LogP contribution in [0.25, 0.3) is 0 Å². The van der Waals surface area contributed by atoms with Crippen LogP contribution in [0.2, 0.25) is 0 Å². The van der Waals surface area contributed by atoms with Crippen LogP contribution >= 0.6 is 0 Å². The van der Waals surface area contributed by atoms with Gasteiger partial charge in [-0.3, -0.25) is 0 Å². The van der Waals surface area contributed by atoms with Crippen molar-refractivity contribution in [3.63, 3.8) is 0 Å². The van der Waals surface area contributed by atoms with E-state index >= 15 is 0 Å². The summed E-state index contributed by atoms with van der Waals surface area (Å²) in [5.74, 6) is -0.618. The summed E-state index contributed by atoms with van der Waals surface area (Å²) < 4.78 is 22.5. The molecular formula is C12H9AsN2O7. The molecule has 0 bridgehead atoms. The number of phenols is 1. The predicted octanol–water partition coefficient (Wildman–Crippen LogP) is 0.188. The Labute approximate surface area is 125 Å². The summed E-state index contributed by atoms with van der Waals surface area (Å²) in [6, 6.07) is 7.33. The first kappa shape index (κ1) is 15.7. The molecule has 1 unspecified atom stereocenters. The van der Waals surface area contributed by atoms with E-state index in [4.69, 9.17) is 0 Å². The van der Waals surface area contributed by atoms with Gasteiger partial charge < -0.3 is 0 Å². The molecule has 2 aromatic rings. The molecule has 0 aromatic heterocycles. The van der Waals surface area contributed by atoms with Crippen LogP contribution in [0.5, 0.6) is 5.75 Å². The second kappa shape index (κ2) is 5.63. The minimum absolute atomic E-state index is 0.0521. The number of hydrogen-bond acceptors (Lipinski definition) is 6. The number of hydrogen-bond donors (Lipinski definition) is 2. The monoisotopic (exact) mass is 368 g/mol. The quantitative estimate of drug-likeness (QED) is 0.445. The maximum absolute atomic E-state index is 12.5. The van der Waals surface area contributed by atoms with Gasteiger partial charge in [0.15, 0.2) is 0 Å². The molecule has 0 amide bonds. The van der Waals surface area contributed by atoms with Crippen molar-refractivity contribution in [1.29, 1.82) is 0 Å². The average molecular weight is 368 g/mol. The molecular weight excluding hydrogens is 359 g/mol. The molecule has 10 heteroatoms. The van der Waals surface area contributed by atoms with Gasteiger partial charge in [-0.25, -0.2) is 0 Å². The number of phenolic OH excluding ortho intramolecular Hbond substituents is 1. The van der Waals surface area contributed by atoms with Crippen LogP contribution < -0.4 is 8.70 Å². The van der Waals surface area contributed by atoms with Crippen molar-refractivity contribution in [3.8, 4) is 5.75 Å². The molecule has 0 aliphatic heterocycles. The van der Waals surface area contributed by atoms with Crippen molar-refractivity contribution in [1.82, 2.24) is 0 Å². The van der Waals surface area contributed by atoms with E-state index in [1.165, 1.54) is 0 Å². The first-order valence-corrected chi connectivity index (χ1v) is 9.27. The predicted molar refractivity (Wildman–Crippen MR) is 75.8 cm³/mol. The first-order valence-electron chi connectivity index (χ1n) is 5.79. The van der Waals surface area contributed by atoms with Gasteiger partial charge in [0.2, 0.25) is 0 Å². The van der Waals surface area contributed by atoms with E-state index in [9.17, 15) is 33.2 Å². The van der Waals surface area contributed by atoms with Gasteiger partial charge in [0.25, 0.3) is 0 Å². The van der Waals surface area contributed by atoms with Crippen LogP contribution in [0.3, 0.4) is 0 Å². The molecule has 2 N–H and O–H groups in total. The minimum atomic E-state index is -4.89. The third kappa shape index (κ3) is 2.85. The summed E-state index contributed by atoms with van der Waals surface area (Å²) in [6.45, 7) is 0. The molecule has 0 heterocycles. The van der Waals surface area contributed by atoms with Crippen molar-refractivity contribution in [2.45, 2.75) is 0 Å². The van der Waals surface area contributed by atoms with E-state index in [0.717, 1.165) is 42.5 Å². The van der Waals surface area contributed by atoms with Crippen molar-refractivity contribution in [2.24, 2.45) is 0 Å². The Morgan fingerprint density at radius 3 is 1.95 bits per heavy atom. The standard InChI is InChI=1S/C12H9AsN2O7/c16-12-6-3-9(7-11(12)15(21)22)13(17,18)8-1-4-10(5-2-8)14(19)20/h1-7,16H,(H,17,18). The number of nitro groups is 2. The maximum atomic E-state index is 12.5. The Balaban J connectivity index is 2.50. The zero-order valence-electron chi connectivity index (χ0n) is 10.8. The Hall–Kier alpha value is -2.64. The molecule has 0 fully saturated rings. The number of nitro benzene ring substituents is 2. The molecule has 9 nitrogen and oxygen atoms in total. The topological polar surface area (TPSA) is 144 Å². The van der Waals surface area contributed by atoms with E-state index < -0.39 is 35.1 Å². The van der Waals surface area contributed by atoms with E-state index in [1.54, 1.807) is 0 Å². The summed E-state index contributed by atoms with van der Waals surface area (Å²) in [5, 5.41) is 30.7. The zero-order valence-corrected chi connectivity index (χ0v) is 12.7. The van der Waals surface area contributed by atoms with E-state index in [0.29, 0.717) is 0 Å². The molecule has 0 aliphatic carbocycles. The Morgan fingerprint density at radius 1 is 0.909 bits per heavy atom. The van der Waals surface area contributed by atoms with Gasteiger partial charge in [-0.1, -0.05) is 0 Å². The molecule has 0 saturated heterocycles. The number of aromatic hydroxyl groups is 1. The number of rotatable bonds is 4. The third-order valence-corrected chi connectivity index (χ3v) is 7.06. The normalized spacial score (nSPS) is 13.3. The third-order valence-electron chi connectivity index (χ3n) is 2.92. The molecule has 2 rings (SSSR count). The van der Waals surface area contributed by atoms with Crippen molar-refractivity contribution >= 4 is 33.9 Å². The summed E-state index contributed by atoms with van der Waals surface area (Å²) >= 11 is -4.89. The molecule has 1 atom stereocenters. The Morgan fingerprint density at radius 2 is 1.45 bits per heavy atom. The molecule has 22 heavy (non-hydrogen) atoms. The van der Waals surface area contributed by atoms with Gasteiger partial charge >= 0.3 is 125 Å². The van der Waals surface area contributed by atoms with Crippen molar-refractivity contribution in [2.75, 3.05) is 0 Å². The Kier molecular flexibility index (Phi) is 4.03. The van der Waals surface area contributed by atoms with Crippen LogP contribution in [0, 0.1) is 20.2 Å². The number of non-ortho nitro benzene ring substituents is 1. The van der Waals surface area contributed by atoms with Gasteiger partial charge in [0, 0.05) is 0 Å². The molecule has 114 valence electrons. The Bertz CT molecular complexity index is 804. The van der Waals surface area contributed by atoms with Crippen LogP contribution in [0.1, 0.15) is 0 Å². The number of nitrogens with zero attached hydrogens (tertiary/aromatic N) is 2. The molecule has 0 radical (unpaired) electrons. The van der Waals surface area contributed by atoms with Gasteiger partial charge in [-0.2, -0.15) is 0 Å². The van der Waals surface area contributed by atoms with Crippen LogP contribution in [-0.4, -0.2) is 32.9 Å². The fourth-order valence-corrected chi connectivity index (χ4v) is 4.76. The van der Waals surface area contributed by atoms with Crippen molar-refractivity contribution < 1.29 is 22.8 Å². The summed E-state index contributed by atoms with van der Waals surface area (Å²) in [7, 11) is 0. The molecule has 0 spiro atoms. The fraction of sp³-hybridized carbons (Fsp3) is 0. The molecule has 0 aliphatic rings. The second-order valence-electron chi connectivity index (χ2n) is 4.28. The van der Waals surface area contributed by atoms with Gasteiger partial charge in [-0.15, -0.1) is 0 Å². The van der Waals surface area contributed by atoms with Crippen LogP contribution in [-0.2, 0) is 3.74 Å². The first-order chi connectivity index (χ1) is 10.2. The number of benzene rings is 2. The van der Waals surface area contributed by atoms with Gasteiger partial charge in [0.05, 0.1) is 0 Å². The van der Waals surface area contributed by atoms with Gasteiger partial charge in [0.1, 0.15) is 0 Å². The summed E-state index contributed by atoms with van der Waals surface area (Å²) in [6.07, 6.45) is 0. The fourth-order valence-electron chi connectivity index (χ4n) is 1.77. The summed E-state index contributed by atoms with van der Waals surface area (Å²) in [5.41, 5.74) is -0.925. The molecule has 2 aromatic carbocycles. The van der Waals surface area contributed by atoms with Crippen LogP contribution in [0.4, 0.5) is 11.4 Å². The van der Waals surface area contributed by atoms with Crippen LogP contribution in [0.15, 0.2) is 42.5 Å². The SMILES string of the molecule is O=[N+]([O-])c1ccc([As](=O)(O)c2ccc(O)c([N+](=O)[O-])c2)cc1. The van der Waals surface area contributed by atoms with Gasteiger partial charge in [-0.05, 0) is 0 Å². The average Bonchev–Trinajstić information content (AvgIpc) is 2.47. The molecule has 0 saturated carbocycles. The zero-order chi connectivity index (χ0) is 16.5. The van der Waals surface area contributed by atoms with E-state index in [-0.39, 0.29) is 14.4 Å². The van der Waals surface area contributed by atoms with E-state index in [1.807, 2.05) is 0 Å². The second-order valence-corrected chi connectivity index (χ2v) is 8.86. The van der Waals surface area contributed by atoms with Crippen molar-refractivity contribution in [3.05, 3.63) is 62.7 Å². The van der Waals surface area contributed by atoms with E-state index in [2.05, 4.69) is 0 Å². The summed E-state index contributed by atoms with van der Waals surface area (Å²) in [4.78, 5) is 19.8.